The van der Waals surface area contributed by atoms with Gasteiger partial charge in [0.1, 0.15) is 17.5 Å². The van der Waals surface area contributed by atoms with Crippen molar-refractivity contribution in [1.29, 1.82) is 0 Å². The number of hydrogen-bond acceptors (Lipinski definition) is 9. The van der Waals surface area contributed by atoms with E-state index in [0.29, 0.717) is 44.4 Å². The van der Waals surface area contributed by atoms with Crippen LogP contribution in [0.25, 0.3) is 11.4 Å². The Morgan fingerprint density at radius 2 is 1.84 bits per heavy atom. The predicted octanol–water partition coefficient (Wildman–Crippen LogP) is 1.14. The molecular weight excluding hydrogens is 449 g/mol. The zero-order chi connectivity index (χ0) is 22.7. The van der Waals surface area contributed by atoms with Crippen LogP contribution < -0.4 is 15.5 Å². The second-order valence-electron chi connectivity index (χ2n) is 8.09. The van der Waals surface area contributed by atoms with E-state index >= 15 is 0 Å². The van der Waals surface area contributed by atoms with Gasteiger partial charge in [-0.1, -0.05) is 0 Å². The Morgan fingerprint density at radius 1 is 1.12 bits per heavy atom. The van der Waals surface area contributed by atoms with Crippen molar-refractivity contribution in [3.8, 4) is 11.4 Å². The van der Waals surface area contributed by atoms with Crippen LogP contribution in [-0.2, 0) is 27.2 Å². The van der Waals surface area contributed by atoms with Crippen molar-refractivity contribution in [2.45, 2.75) is 18.6 Å². The van der Waals surface area contributed by atoms with E-state index in [9.17, 15) is 21.6 Å². The third-order valence-corrected chi connectivity index (χ3v) is 7.68. The van der Waals surface area contributed by atoms with Crippen molar-refractivity contribution in [2.24, 2.45) is 0 Å². The zero-order valence-corrected chi connectivity index (χ0v) is 17.8. The minimum atomic E-state index is -4.67. The largest absolute Gasteiger partial charge is 0.417 e. The Hall–Kier alpha value is -2.67. The number of hydrogen-bond donors (Lipinski definition) is 1. The van der Waals surface area contributed by atoms with Crippen LogP contribution in [0.1, 0.15) is 11.1 Å². The van der Waals surface area contributed by atoms with Crippen LogP contribution in [0, 0.1) is 0 Å². The number of nitrogen functional groups attached to an aromatic ring is 1. The Kier molecular flexibility index (Phi) is 4.93. The molecule has 172 valence electrons. The van der Waals surface area contributed by atoms with Crippen LogP contribution in [0.4, 0.5) is 30.6 Å². The Balaban J connectivity index is 1.67. The molecule has 2 aromatic heterocycles. The molecule has 0 radical (unpaired) electrons. The molecule has 0 aromatic carbocycles. The summed E-state index contributed by atoms with van der Waals surface area (Å²) >= 11 is 0. The molecule has 32 heavy (non-hydrogen) atoms. The first-order valence-corrected chi connectivity index (χ1v) is 12.0. The summed E-state index contributed by atoms with van der Waals surface area (Å²) in [5.74, 6) is 0.604. The van der Waals surface area contributed by atoms with Crippen molar-refractivity contribution < 1.29 is 26.3 Å². The average Bonchev–Trinajstić information content (AvgIpc) is 3.09. The van der Waals surface area contributed by atoms with E-state index in [1.165, 1.54) is 0 Å². The topological polar surface area (TPSA) is 115 Å². The summed E-state index contributed by atoms with van der Waals surface area (Å²) in [6.07, 6.45) is -3.21. The highest BCUT2D eigenvalue weighted by molar-refractivity contribution is 7.91. The van der Waals surface area contributed by atoms with Gasteiger partial charge in [-0.25, -0.2) is 23.4 Å². The van der Waals surface area contributed by atoms with Gasteiger partial charge in [0.15, 0.2) is 15.7 Å². The van der Waals surface area contributed by atoms with Gasteiger partial charge in [-0.15, -0.1) is 0 Å². The molecule has 0 spiro atoms. The molecule has 5 rings (SSSR count). The quantitative estimate of drug-likeness (QED) is 0.690. The van der Waals surface area contributed by atoms with Gasteiger partial charge in [-0.05, 0) is 6.07 Å². The maximum atomic E-state index is 13.8. The molecule has 0 saturated carbocycles. The van der Waals surface area contributed by atoms with E-state index in [-0.39, 0.29) is 41.3 Å². The molecule has 0 aliphatic carbocycles. The second kappa shape index (κ2) is 7.44. The number of halogens is 3. The summed E-state index contributed by atoms with van der Waals surface area (Å²) in [5.41, 5.74) is 5.04. The number of nitrogens with zero attached hydrogens (tertiary/aromatic N) is 5. The van der Waals surface area contributed by atoms with Crippen molar-refractivity contribution in [3.63, 3.8) is 0 Å². The molecule has 9 nitrogen and oxygen atoms in total. The summed E-state index contributed by atoms with van der Waals surface area (Å²) in [4.78, 5) is 16.7. The Labute approximate surface area is 182 Å². The molecule has 0 bridgehead atoms. The molecule has 1 atom stereocenters. The monoisotopic (exact) mass is 470 g/mol. The molecule has 0 amide bonds. The van der Waals surface area contributed by atoms with E-state index in [1.54, 1.807) is 0 Å². The summed E-state index contributed by atoms with van der Waals surface area (Å²) in [7, 11) is -3.18. The van der Waals surface area contributed by atoms with Crippen molar-refractivity contribution >= 4 is 27.3 Å². The number of pyridine rings is 1. The fourth-order valence-corrected chi connectivity index (χ4v) is 6.02. The van der Waals surface area contributed by atoms with E-state index in [4.69, 9.17) is 10.5 Å². The van der Waals surface area contributed by atoms with E-state index in [0.717, 1.165) is 17.8 Å². The summed E-state index contributed by atoms with van der Waals surface area (Å²) < 4.78 is 71.0. The van der Waals surface area contributed by atoms with Gasteiger partial charge in [0, 0.05) is 43.9 Å². The maximum Gasteiger partial charge on any atom is 0.417 e. The molecule has 2 fully saturated rings. The standard InChI is InChI=1S/C19H21F3N6O3S/c20-19(21,22)14-8-15(23)24-9-13(14)16-25-17(27-1-4-31-5-2-27)12-7-11-10-32(29,30)6-3-28(11)18(12)26-16/h8-9,11H,1-7,10H2,(H2,23,24)/t11-/m0/s1. The number of alkyl halides is 3. The summed E-state index contributed by atoms with van der Waals surface area (Å²) in [6.45, 7) is 2.22. The smallest absolute Gasteiger partial charge is 0.384 e. The number of rotatable bonds is 2. The lowest BCUT2D eigenvalue weighted by Crippen LogP contribution is -2.46. The summed E-state index contributed by atoms with van der Waals surface area (Å²) in [6, 6.07) is 0.469. The van der Waals surface area contributed by atoms with Crippen LogP contribution in [0.3, 0.4) is 0 Å². The van der Waals surface area contributed by atoms with Crippen LogP contribution >= 0.6 is 0 Å². The third kappa shape index (κ3) is 3.72. The fourth-order valence-electron chi connectivity index (χ4n) is 4.49. The highest BCUT2D eigenvalue weighted by atomic mass is 32.2. The van der Waals surface area contributed by atoms with Crippen LogP contribution in [0.5, 0.6) is 0 Å². The van der Waals surface area contributed by atoms with Crippen LogP contribution in [0.15, 0.2) is 12.3 Å². The Bertz CT molecular complexity index is 1170. The number of anilines is 3. The number of sulfone groups is 1. The van der Waals surface area contributed by atoms with Crippen molar-refractivity contribution in [1.82, 2.24) is 15.0 Å². The van der Waals surface area contributed by atoms with E-state index in [1.807, 2.05) is 9.80 Å². The lowest BCUT2D eigenvalue weighted by Gasteiger charge is -2.31. The van der Waals surface area contributed by atoms with Gasteiger partial charge in [0.25, 0.3) is 0 Å². The van der Waals surface area contributed by atoms with E-state index < -0.39 is 21.6 Å². The molecule has 0 unspecified atom stereocenters. The number of ether oxygens (including phenoxy) is 1. The van der Waals surface area contributed by atoms with Gasteiger partial charge >= 0.3 is 6.18 Å². The molecular formula is C19H21F3N6O3S. The molecule has 2 aromatic rings. The second-order valence-corrected chi connectivity index (χ2v) is 10.3. The molecule has 13 heteroatoms. The Morgan fingerprint density at radius 3 is 2.56 bits per heavy atom. The van der Waals surface area contributed by atoms with Gasteiger partial charge in [0.05, 0.1) is 35.8 Å². The van der Waals surface area contributed by atoms with E-state index in [2.05, 4.69) is 15.0 Å². The average molecular weight is 470 g/mol. The first kappa shape index (κ1) is 21.2. The summed E-state index contributed by atoms with van der Waals surface area (Å²) in [5, 5.41) is 0. The van der Waals surface area contributed by atoms with Crippen LogP contribution in [-0.4, -0.2) is 73.8 Å². The highest BCUT2D eigenvalue weighted by Crippen LogP contribution is 2.42. The minimum Gasteiger partial charge on any atom is -0.384 e. The molecule has 2 saturated heterocycles. The van der Waals surface area contributed by atoms with Gasteiger partial charge in [0.2, 0.25) is 0 Å². The lowest BCUT2D eigenvalue weighted by molar-refractivity contribution is -0.137. The first-order valence-electron chi connectivity index (χ1n) is 10.2. The number of aromatic nitrogens is 3. The predicted molar refractivity (Wildman–Crippen MR) is 111 cm³/mol. The minimum absolute atomic E-state index is 0.0154. The third-order valence-electron chi connectivity index (χ3n) is 5.99. The lowest BCUT2D eigenvalue weighted by atomic mass is 10.1. The molecule has 5 heterocycles. The fraction of sp³-hybridized carbons (Fsp3) is 0.526. The van der Waals surface area contributed by atoms with Crippen LogP contribution in [0.2, 0.25) is 0 Å². The normalized spacial score (nSPS) is 22.5. The highest BCUT2D eigenvalue weighted by Gasteiger charge is 2.42. The first-order chi connectivity index (χ1) is 15.1. The molecule has 3 aliphatic heterocycles. The maximum absolute atomic E-state index is 13.8. The van der Waals surface area contributed by atoms with Crippen molar-refractivity contribution in [3.05, 3.63) is 23.4 Å². The SMILES string of the molecule is Nc1cc(C(F)(F)F)c(-c2nc(N3CCOCC3)c3c(n2)N2CCS(=O)(=O)C[C@@H]2C3)cn1. The number of morpholine rings is 1. The van der Waals surface area contributed by atoms with Crippen molar-refractivity contribution in [2.75, 3.05) is 59.9 Å². The van der Waals surface area contributed by atoms with Gasteiger partial charge in [-0.3, -0.25) is 0 Å². The zero-order valence-electron chi connectivity index (χ0n) is 17.0. The number of nitrogens with two attached hydrogens (primary N) is 1. The molecule has 3 aliphatic rings. The van der Waals surface area contributed by atoms with Gasteiger partial charge < -0.3 is 20.3 Å². The van der Waals surface area contributed by atoms with Gasteiger partial charge in [-0.2, -0.15) is 13.2 Å². The molecule has 2 N–H and O–H groups in total. The number of fused-ring (bicyclic) bond motifs is 3.